The fraction of sp³-hybridized carbons (Fsp3) is 0.304. The molecule has 6 nitrogen and oxygen atoms in total. The quantitative estimate of drug-likeness (QED) is 0.454. The topological polar surface area (TPSA) is 82.0 Å². The van der Waals surface area contributed by atoms with Gasteiger partial charge in [-0.2, -0.15) is 12.8 Å². The molecule has 1 heterocycles. The van der Waals surface area contributed by atoms with Gasteiger partial charge in [-0.05, 0) is 31.0 Å². The molecule has 1 unspecified atom stereocenters. The fourth-order valence-corrected chi connectivity index (χ4v) is 4.21. The maximum Gasteiger partial charge on any atom is 0.343 e. The summed E-state index contributed by atoms with van der Waals surface area (Å²) in [6.45, 7) is 3.94. The van der Waals surface area contributed by atoms with Crippen LogP contribution in [0.3, 0.4) is 0 Å². The van der Waals surface area contributed by atoms with E-state index in [1.54, 1.807) is 37.3 Å². The van der Waals surface area contributed by atoms with E-state index in [9.17, 15) is 13.2 Å². The minimum Gasteiger partial charge on any atom is -0.483 e. The van der Waals surface area contributed by atoms with Crippen molar-refractivity contribution in [2.75, 3.05) is 6.61 Å². The molecule has 1 aliphatic rings. The first-order valence-corrected chi connectivity index (χ1v) is 11.4. The number of nitrogens with zero attached hydrogens (tertiary/aromatic N) is 1. The molecule has 3 rings (SSSR count). The van der Waals surface area contributed by atoms with Crippen molar-refractivity contribution in [3.05, 3.63) is 77.6 Å². The average Bonchev–Trinajstić information content (AvgIpc) is 3.07. The van der Waals surface area contributed by atoms with Crippen LogP contribution in [0.2, 0.25) is 0 Å². The van der Waals surface area contributed by atoms with Crippen molar-refractivity contribution >= 4 is 21.7 Å². The number of carbonyl (C=O) groups is 1. The van der Waals surface area contributed by atoms with Gasteiger partial charge >= 0.3 is 5.97 Å². The summed E-state index contributed by atoms with van der Waals surface area (Å²) >= 11 is 0. The van der Waals surface area contributed by atoms with E-state index >= 15 is 0 Å². The molecule has 0 aromatic heterocycles. The second-order valence-electron chi connectivity index (χ2n) is 6.95. The first kappa shape index (κ1) is 21.8. The number of hydrogen-bond acceptors (Lipinski definition) is 5. The SMILES string of the molecule is CCCCCOC(=O)C1=C(C)OC(c2ccccc2)/C1=N\S(=O)(=O)c1ccccc1. The van der Waals surface area contributed by atoms with Crippen LogP contribution in [0.15, 0.2) is 81.3 Å². The number of rotatable bonds is 8. The molecule has 7 heteroatoms. The van der Waals surface area contributed by atoms with E-state index in [4.69, 9.17) is 9.47 Å². The van der Waals surface area contributed by atoms with Crippen LogP contribution >= 0.6 is 0 Å². The van der Waals surface area contributed by atoms with Crippen molar-refractivity contribution in [2.24, 2.45) is 4.40 Å². The molecule has 1 atom stereocenters. The lowest BCUT2D eigenvalue weighted by Gasteiger charge is -2.14. The van der Waals surface area contributed by atoms with Gasteiger partial charge in [-0.1, -0.05) is 68.3 Å². The lowest BCUT2D eigenvalue weighted by molar-refractivity contribution is -0.138. The standard InChI is InChI=1S/C23H25NO5S/c1-3-4-11-16-28-23(25)20-17(2)29-22(18-12-7-5-8-13-18)21(20)24-30(26,27)19-14-9-6-10-15-19/h5-10,12-15,22H,3-4,11,16H2,1-2H3/b24-21-. The van der Waals surface area contributed by atoms with E-state index in [0.29, 0.717) is 11.3 Å². The Hall–Kier alpha value is -2.93. The predicted octanol–water partition coefficient (Wildman–Crippen LogP) is 4.60. The Morgan fingerprint density at radius 1 is 1.03 bits per heavy atom. The normalized spacial score (nSPS) is 17.8. The summed E-state index contributed by atoms with van der Waals surface area (Å²) in [5, 5.41) is 0. The van der Waals surface area contributed by atoms with Crippen LogP contribution in [0, 0.1) is 0 Å². The van der Waals surface area contributed by atoms with Crippen molar-refractivity contribution in [1.29, 1.82) is 0 Å². The van der Waals surface area contributed by atoms with E-state index in [1.165, 1.54) is 12.1 Å². The zero-order valence-corrected chi connectivity index (χ0v) is 17.9. The molecule has 0 N–H and O–H groups in total. The van der Waals surface area contributed by atoms with Gasteiger partial charge in [-0.25, -0.2) is 4.79 Å². The van der Waals surface area contributed by atoms with Crippen molar-refractivity contribution in [3.8, 4) is 0 Å². The third-order valence-electron chi connectivity index (χ3n) is 4.70. The molecule has 0 radical (unpaired) electrons. The first-order valence-electron chi connectivity index (χ1n) is 9.94. The number of allylic oxidation sites excluding steroid dienone is 1. The van der Waals surface area contributed by atoms with E-state index < -0.39 is 22.1 Å². The Morgan fingerprint density at radius 3 is 2.30 bits per heavy atom. The smallest absolute Gasteiger partial charge is 0.343 e. The number of carbonyl (C=O) groups excluding carboxylic acids is 1. The highest BCUT2D eigenvalue weighted by Gasteiger charge is 2.38. The van der Waals surface area contributed by atoms with Gasteiger partial charge in [0.1, 0.15) is 17.0 Å². The molecule has 0 saturated carbocycles. The van der Waals surface area contributed by atoms with E-state index in [2.05, 4.69) is 11.3 Å². The Kier molecular flexibility index (Phi) is 7.05. The first-order chi connectivity index (χ1) is 14.4. The summed E-state index contributed by atoms with van der Waals surface area (Å²) in [6.07, 6.45) is 1.88. The molecule has 0 amide bonds. The third-order valence-corrected chi connectivity index (χ3v) is 6.00. The van der Waals surface area contributed by atoms with E-state index in [-0.39, 0.29) is 22.8 Å². The number of esters is 1. The predicted molar refractivity (Wildman–Crippen MR) is 115 cm³/mol. The fourth-order valence-electron chi connectivity index (χ4n) is 3.16. The highest BCUT2D eigenvalue weighted by molar-refractivity contribution is 7.90. The summed E-state index contributed by atoms with van der Waals surface area (Å²) in [4.78, 5) is 12.8. The van der Waals surface area contributed by atoms with Crippen LogP contribution in [-0.2, 0) is 24.3 Å². The largest absolute Gasteiger partial charge is 0.483 e. The number of benzene rings is 2. The van der Waals surface area contributed by atoms with Crippen LogP contribution in [0.4, 0.5) is 0 Å². The molecule has 0 saturated heterocycles. The van der Waals surface area contributed by atoms with Gasteiger partial charge in [0.15, 0.2) is 6.10 Å². The van der Waals surface area contributed by atoms with Crippen molar-refractivity contribution in [2.45, 2.75) is 44.1 Å². The maximum absolute atomic E-state index is 12.9. The molecular weight excluding hydrogens is 402 g/mol. The minimum atomic E-state index is -4.04. The second-order valence-corrected chi connectivity index (χ2v) is 8.55. The van der Waals surface area contributed by atoms with Gasteiger partial charge in [0.2, 0.25) is 0 Å². The number of hydrogen-bond donors (Lipinski definition) is 0. The number of ether oxygens (including phenoxy) is 2. The van der Waals surface area contributed by atoms with Gasteiger partial charge in [0.25, 0.3) is 10.0 Å². The van der Waals surface area contributed by atoms with Gasteiger partial charge in [-0.3, -0.25) is 0 Å². The Balaban J connectivity index is 2.00. The molecular formula is C23H25NO5S. The second kappa shape index (κ2) is 9.71. The highest BCUT2D eigenvalue weighted by Crippen LogP contribution is 2.35. The summed E-state index contributed by atoms with van der Waals surface area (Å²) in [7, 11) is -4.04. The maximum atomic E-state index is 12.9. The number of sulfonamides is 1. The lowest BCUT2D eigenvalue weighted by Crippen LogP contribution is -2.20. The highest BCUT2D eigenvalue weighted by atomic mass is 32.2. The third kappa shape index (κ3) is 4.97. The van der Waals surface area contributed by atoms with Crippen molar-refractivity contribution in [1.82, 2.24) is 0 Å². The van der Waals surface area contributed by atoms with Crippen LogP contribution in [-0.4, -0.2) is 26.7 Å². The van der Waals surface area contributed by atoms with Gasteiger partial charge in [-0.15, -0.1) is 0 Å². The summed E-state index contributed by atoms with van der Waals surface area (Å²) < 4.78 is 41.1. The molecule has 158 valence electrons. The van der Waals surface area contributed by atoms with E-state index in [0.717, 1.165) is 19.3 Å². The van der Waals surface area contributed by atoms with Crippen LogP contribution in [0.1, 0.15) is 44.8 Å². The molecule has 0 spiro atoms. The Labute approximate surface area is 177 Å². The zero-order valence-electron chi connectivity index (χ0n) is 17.1. The lowest BCUT2D eigenvalue weighted by atomic mass is 10.0. The van der Waals surface area contributed by atoms with E-state index in [1.807, 2.05) is 18.2 Å². The molecule has 2 aromatic carbocycles. The monoisotopic (exact) mass is 427 g/mol. The average molecular weight is 428 g/mol. The molecule has 0 fully saturated rings. The molecule has 0 bridgehead atoms. The van der Waals surface area contributed by atoms with Gasteiger partial charge in [0, 0.05) is 0 Å². The van der Waals surface area contributed by atoms with Crippen molar-refractivity contribution < 1.29 is 22.7 Å². The van der Waals surface area contributed by atoms with Crippen LogP contribution in [0.25, 0.3) is 0 Å². The summed E-state index contributed by atoms with van der Waals surface area (Å²) in [6, 6.07) is 17.0. The molecule has 30 heavy (non-hydrogen) atoms. The van der Waals surface area contributed by atoms with Crippen LogP contribution in [0.5, 0.6) is 0 Å². The summed E-state index contributed by atoms with van der Waals surface area (Å²) in [5.41, 5.74) is 0.815. The van der Waals surface area contributed by atoms with Gasteiger partial charge in [0.05, 0.1) is 11.5 Å². The van der Waals surface area contributed by atoms with Crippen LogP contribution < -0.4 is 0 Å². The van der Waals surface area contributed by atoms with Crippen molar-refractivity contribution in [3.63, 3.8) is 0 Å². The summed E-state index contributed by atoms with van der Waals surface area (Å²) in [5.74, 6) is -0.324. The minimum absolute atomic E-state index is 0.0445. The zero-order chi connectivity index (χ0) is 21.6. The number of unbranched alkanes of at least 4 members (excludes halogenated alkanes) is 2. The Bertz CT molecular complexity index is 1040. The molecule has 0 aliphatic carbocycles. The molecule has 2 aromatic rings. The van der Waals surface area contributed by atoms with Gasteiger partial charge < -0.3 is 9.47 Å². The Morgan fingerprint density at radius 2 is 1.67 bits per heavy atom. The molecule has 1 aliphatic heterocycles.